The largest absolute Gasteiger partial charge is 0.469 e. The third-order valence-electron chi connectivity index (χ3n) is 4.86. The number of hydrogen-bond donors (Lipinski definition) is 0. The molecule has 24 heavy (non-hydrogen) atoms. The van der Waals surface area contributed by atoms with Crippen molar-refractivity contribution in [1.82, 2.24) is 13.5 Å². The molecule has 0 bridgehead atoms. The highest BCUT2D eigenvalue weighted by molar-refractivity contribution is 7.86. The molecule has 0 aromatic rings. The molecule has 2 aliphatic heterocycles. The van der Waals surface area contributed by atoms with Crippen LogP contribution >= 0.6 is 0 Å². The van der Waals surface area contributed by atoms with Gasteiger partial charge in [0.05, 0.1) is 18.9 Å². The van der Waals surface area contributed by atoms with Crippen LogP contribution in [0.1, 0.15) is 25.7 Å². The Kier molecular flexibility index (Phi) is 6.22. The van der Waals surface area contributed by atoms with E-state index in [4.69, 9.17) is 4.74 Å². The first-order valence-electron chi connectivity index (χ1n) is 8.31. The molecule has 2 rings (SSSR count). The number of nitrogens with zero attached hydrogens (tertiary/aromatic N) is 3. The molecular weight excluding hydrogens is 334 g/mol. The van der Waals surface area contributed by atoms with Crippen molar-refractivity contribution in [3.63, 3.8) is 0 Å². The second kappa shape index (κ2) is 7.79. The van der Waals surface area contributed by atoms with Crippen LogP contribution < -0.4 is 0 Å². The summed E-state index contributed by atoms with van der Waals surface area (Å²) in [4.78, 5) is 26.0. The third-order valence-corrected chi connectivity index (χ3v) is 6.77. The van der Waals surface area contributed by atoms with E-state index in [1.807, 2.05) is 0 Å². The Hall–Kier alpha value is -1.19. The minimum Gasteiger partial charge on any atom is -0.469 e. The van der Waals surface area contributed by atoms with Gasteiger partial charge in [0.25, 0.3) is 10.2 Å². The van der Waals surface area contributed by atoms with Gasteiger partial charge in [0.1, 0.15) is 0 Å². The summed E-state index contributed by atoms with van der Waals surface area (Å²) in [5.74, 6) is -0.667. The molecule has 0 aromatic carbocycles. The fourth-order valence-corrected chi connectivity index (χ4v) is 4.53. The van der Waals surface area contributed by atoms with Crippen LogP contribution in [0.3, 0.4) is 0 Å². The molecule has 2 saturated heterocycles. The Bertz CT molecular complexity index is 570. The van der Waals surface area contributed by atoms with Crippen LogP contribution in [0.5, 0.6) is 0 Å². The van der Waals surface area contributed by atoms with Gasteiger partial charge in [-0.2, -0.15) is 17.0 Å². The van der Waals surface area contributed by atoms with Gasteiger partial charge >= 0.3 is 5.97 Å². The van der Waals surface area contributed by atoms with E-state index in [0.29, 0.717) is 45.3 Å². The maximum Gasteiger partial charge on any atom is 0.308 e. The van der Waals surface area contributed by atoms with Crippen molar-refractivity contribution in [1.29, 1.82) is 0 Å². The van der Waals surface area contributed by atoms with E-state index in [0.717, 1.165) is 0 Å². The molecule has 0 N–H and O–H groups in total. The van der Waals surface area contributed by atoms with Crippen LogP contribution in [0, 0.1) is 11.8 Å². The molecule has 1 amide bonds. The fraction of sp³-hybridized carbons (Fsp3) is 0.867. The topological polar surface area (TPSA) is 87.2 Å². The normalized spacial score (nSPS) is 24.2. The summed E-state index contributed by atoms with van der Waals surface area (Å²) in [5.41, 5.74) is 0. The van der Waals surface area contributed by atoms with Crippen molar-refractivity contribution in [2.45, 2.75) is 25.7 Å². The van der Waals surface area contributed by atoms with Crippen molar-refractivity contribution >= 4 is 22.1 Å². The number of hydrogen-bond acceptors (Lipinski definition) is 5. The van der Waals surface area contributed by atoms with Gasteiger partial charge in [0.15, 0.2) is 0 Å². The number of carbonyl (C=O) groups is 2. The third kappa shape index (κ3) is 4.07. The molecule has 2 aliphatic rings. The molecule has 0 spiro atoms. The number of likely N-dealkylation sites (tertiary alicyclic amines) is 1. The summed E-state index contributed by atoms with van der Waals surface area (Å²) in [7, 11) is 0.888. The predicted molar refractivity (Wildman–Crippen MR) is 88.2 cm³/mol. The number of amides is 1. The Balaban J connectivity index is 1.95. The average molecular weight is 361 g/mol. The average Bonchev–Trinajstić information content (AvgIpc) is 2.60. The minimum atomic E-state index is -3.49. The molecule has 9 heteroatoms. The van der Waals surface area contributed by atoms with Gasteiger partial charge in [-0.25, -0.2) is 0 Å². The first-order valence-corrected chi connectivity index (χ1v) is 9.71. The van der Waals surface area contributed by atoms with Gasteiger partial charge in [0, 0.05) is 40.3 Å². The van der Waals surface area contributed by atoms with Gasteiger partial charge in [-0.3, -0.25) is 9.59 Å². The quantitative estimate of drug-likeness (QED) is 0.654. The SMILES string of the molecule is COC(=O)C1CCN(C(=O)[C@@H]2CCCN(S(=O)(=O)N(C)C)C2)CC1. The lowest BCUT2D eigenvalue weighted by Gasteiger charge is -2.37. The van der Waals surface area contributed by atoms with E-state index in [1.54, 1.807) is 4.90 Å². The van der Waals surface area contributed by atoms with E-state index in [9.17, 15) is 18.0 Å². The van der Waals surface area contributed by atoms with Gasteiger partial charge in [-0.05, 0) is 25.7 Å². The second-order valence-corrected chi connectivity index (χ2v) is 8.75. The molecule has 0 unspecified atom stereocenters. The summed E-state index contributed by atoms with van der Waals surface area (Å²) in [6, 6.07) is 0. The molecular formula is C15H27N3O5S. The number of esters is 1. The highest BCUT2D eigenvalue weighted by Crippen LogP contribution is 2.25. The fourth-order valence-electron chi connectivity index (χ4n) is 3.34. The molecule has 0 aromatic heterocycles. The molecule has 138 valence electrons. The van der Waals surface area contributed by atoms with Crippen molar-refractivity contribution in [3.05, 3.63) is 0 Å². The number of methoxy groups -OCH3 is 1. The first-order chi connectivity index (χ1) is 11.3. The highest BCUT2D eigenvalue weighted by Gasteiger charge is 2.36. The molecule has 1 atom stereocenters. The number of carbonyl (C=O) groups excluding carboxylic acids is 2. The Labute approximate surface area is 143 Å². The zero-order chi connectivity index (χ0) is 17.9. The summed E-state index contributed by atoms with van der Waals surface area (Å²) in [5, 5.41) is 0. The minimum absolute atomic E-state index is 0.00280. The van der Waals surface area contributed by atoms with E-state index < -0.39 is 10.2 Å². The Morgan fingerprint density at radius 1 is 1.04 bits per heavy atom. The maximum atomic E-state index is 12.7. The van der Waals surface area contributed by atoms with E-state index in [1.165, 1.54) is 29.8 Å². The van der Waals surface area contributed by atoms with Gasteiger partial charge in [0.2, 0.25) is 5.91 Å². The number of ether oxygens (including phenoxy) is 1. The predicted octanol–water partition coefficient (Wildman–Crippen LogP) is -0.0836. The Morgan fingerprint density at radius 3 is 2.21 bits per heavy atom. The smallest absolute Gasteiger partial charge is 0.308 e. The molecule has 0 aliphatic carbocycles. The summed E-state index contributed by atoms with van der Waals surface area (Å²) >= 11 is 0. The molecule has 0 radical (unpaired) electrons. The highest BCUT2D eigenvalue weighted by atomic mass is 32.2. The standard InChI is InChI=1S/C15H27N3O5S/c1-16(2)24(21,22)18-8-4-5-13(11-18)14(19)17-9-6-12(7-10-17)15(20)23-3/h12-13H,4-11H2,1-3H3/t13-/m1/s1. The van der Waals surface area contributed by atoms with Crippen LogP contribution in [0.2, 0.25) is 0 Å². The molecule has 2 fully saturated rings. The molecule has 2 heterocycles. The summed E-state index contributed by atoms with van der Waals surface area (Å²) in [6.45, 7) is 1.73. The second-order valence-electron chi connectivity index (χ2n) is 6.61. The van der Waals surface area contributed by atoms with E-state index in [2.05, 4.69) is 0 Å². The van der Waals surface area contributed by atoms with E-state index in [-0.39, 0.29) is 30.3 Å². The lowest BCUT2D eigenvalue weighted by atomic mass is 9.93. The zero-order valence-corrected chi connectivity index (χ0v) is 15.4. The number of rotatable bonds is 4. The lowest BCUT2D eigenvalue weighted by molar-refractivity contribution is -0.149. The van der Waals surface area contributed by atoms with Crippen LogP contribution in [-0.4, -0.2) is 81.2 Å². The van der Waals surface area contributed by atoms with E-state index >= 15 is 0 Å². The maximum absolute atomic E-state index is 12.7. The van der Waals surface area contributed by atoms with Crippen LogP contribution in [-0.2, 0) is 24.5 Å². The van der Waals surface area contributed by atoms with Gasteiger partial charge in [-0.1, -0.05) is 0 Å². The van der Waals surface area contributed by atoms with Crippen molar-refractivity contribution in [2.75, 3.05) is 47.4 Å². The molecule has 8 nitrogen and oxygen atoms in total. The van der Waals surface area contributed by atoms with Gasteiger partial charge < -0.3 is 9.64 Å². The summed E-state index contributed by atoms with van der Waals surface area (Å²) in [6.07, 6.45) is 2.59. The van der Waals surface area contributed by atoms with Crippen LogP contribution in [0.4, 0.5) is 0 Å². The van der Waals surface area contributed by atoms with Crippen LogP contribution in [0.15, 0.2) is 0 Å². The first kappa shape index (κ1) is 19.1. The van der Waals surface area contributed by atoms with Crippen molar-refractivity contribution < 1.29 is 22.7 Å². The summed E-state index contributed by atoms with van der Waals surface area (Å²) < 4.78 is 31.8. The van der Waals surface area contributed by atoms with Crippen LogP contribution in [0.25, 0.3) is 0 Å². The zero-order valence-electron chi connectivity index (χ0n) is 14.6. The monoisotopic (exact) mass is 361 g/mol. The molecule has 0 saturated carbocycles. The lowest BCUT2D eigenvalue weighted by Crippen LogP contribution is -2.51. The number of piperidine rings is 2. The van der Waals surface area contributed by atoms with Crippen molar-refractivity contribution in [2.24, 2.45) is 11.8 Å². The van der Waals surface area contributed by atoms with Crippen molar-refractivity contribution in [3.8, 4) is 0 Å². The van der Waals surface area contributed by atoms with Gasteiger partial charge in [-0.15, -0.1) is 0 Å². The Morgan fingerprint density at radius 2 is 1.67 bits per heavy atom.